The largest absolute Gasteiger partial charge is 0.490 e. The van der Waals surface area contributed by atoms with Crippen LogP contribution in [0.4, 0.5) is 4.39 Å². The lowest BCUT2D eigenvalue weighted by Crippen LogP contribution is -2.10. The van der Waals surface area contributed by atoms with Crippen molar-refractivity contribution in [1.29, 1.82) is 0 Å². The molecule has 0 aliphatic heterocycles. The first-order valence-corrected chi connectivity index (χ1v) is 4.94. The second-order valence-corrected chi connectivity index (χ2v) is 3.37. The maximum Gasteiger partial charge on any atom is 0.165 e. The first kappa shape index (κ1) is 11.9. The second-order valence-electron chi connectivity index (χ2n) is 3.37. The van der Waals surface area contributed by atoms with Gasteiger partial charge in [0, 0.05) is 24.6 Å². The van der Waals surface area contributed by atoms with Crippen molar-refractivity contribution >= 4 is 0 Å². The number of rotatable bonds is 5. The average Bonchev–Trinajstić information content (AvgIpc) is 2.20. The van der Waals surface area contributed by atoms with Crippen molar-refractivity contribution < 1.29 is 14.2 Å². The van der Waals surface area contributed by atoms with Crippen LogP contribution >= 0.6 is 0 Å². The van der Waals surface area contributed by atoms with Crippen molar-refractivity contribution in [2.24, 2.45) is 5.73 Å². The summed E-state index contributed by atoms with van der Waals surface area (Å²) in [6, 6.07) is 4.40. The van der Waals surface area contributed by atoms with Crippen molar-refractivity contribution in [2.45, 2.75) is 19.4 Å². The summed E-state index contributed by atoms with van der Waals surface area (Å²) >= 11 is 0. The third-order valence-electron chi connectivity index (χ3n) is 2.04. The van der Waals surface area contributed by atoms with Gasteiger partial charge in [0.05, 0.1) is 6.61 Å². The van der Waals surface area contributed by atoms with Crippen molar-refractivity contribution in [3.8, 4) is 5.75 Å². The maximum absolute atomic E-state index is 13.4. The van der Waals surface area contributed by atoms with E-state index in [-0.39, 0.29) is 25.0 Å². The van der Waals surface area contributed by atoms with Crippen LogP contribution in [0.25, 0.3) is 0 Å². The lowest BCUT2D eigenvalue weighted by molar-refractivity contribution is 0.227. The van der Waals surface area contributed by atoms with Gasteiger partial charge in [-0.25, -0.2) is 4.39 Å². The quantitative estimate of drug-likeness (QED) is 0.730. The number of para-hydroxylation sites is 1. The minimum atomic E-state index is -0.414. The van der Waals surface area contributed by atoms with Gasteiger partial charge in [-0.2, -0.15) is 0 Å². The Morgan fingerprint density at radius 1 is 1.53 bits per heavy atom. The number of halogens is 1. The fourth-order valence-corrected chi connectivity index (χ4v) is 1.28. The topological polar surface area (TPSA) is 55.5 Å². The summed E-state index contributed by atoms with van der Waals surface area (Å²) in [4.78, 5) is 0. The Balaban J connectivity index is 2.82. The smallest absolute Gasteiger partial charge is 0.165 e. The number of hydrogen-bond acceptors (Lipinski definition) is 3. The molecule has 0 bridgehead atoms. The van der Waals surface area contributed by atoms with Crippen LogP contribution in [-0.2, 0) is 0 Å². The summed E-state index contributed by atoms with van der Waals surface area (Å²) in [5, 5.41) is 8.59. The molecule has 0 amide bonds. The third kappa shape index (κ3) is 3.18. The molecular formula is C11H16FNO2. The van der Waals surface area contributed by atoms with Crippen LogP contribution in [-0.4, -0.2) is 18.3 Å². The number of benzene rings is 1. The number of aliphatic hydroxyl groups is 1. The molecule has 1 rings (SSSR count). The maximum atomic E-state index is 13.4. The van der Waals surface area contributed by atoms with Gasteiger partial charge in [0.25, 0.3) is 0 Å². The SMILES string of the molecule is C[C@@H](N)c1cccc(F)c1OCCCO. The molecule has 1 aromatic carbocycles. The molecule has 84 valence electrons. The van der Waals surface area contributed by atoms with E-state index in [9.17, 15) is 4.39 Å². The van der Waals surface area contributed by atoms with Crippen LogP contribution in [0, 0.1) is 5.82 Å². The van der Waals surface area contributed by atoms with Crippen LogP contribution in [0.2, 0.25) is 0 Å². The zero-order valence-corrected chi connectivity index (χ0v) is 8.74. The lowest BCUT2D eigenvalue weighted by atomic mass is 10.1. The van der Waals surface area contributed by atoms with Gasteiger partial charge in [-0.05, 0) is 13.0 Å². The third-order valence-corrected chi connectivity index (χ3v) is 2.04. The fraction of sp³-hybridized carbons (Fsp3) is 0.455. The molecule has 0 heterocycles. The molecule has 0 spiro atoms. The van der Waals surface area contributed by atoms with Gasteiger partial charge in [-0.15, -0.1) is 0 Å². The molecule has 0 unspecified atom stereocenters. The van der Waals surface area contributed by atoms with Gasteiger partial charge in [0.1, 0.15) is 0 Å². The van der Waals surface area contributed by atoms with E-state index in [0.717, 1.165) is 0 Å². The van der Waals surface area contributed by atoms with E-state index in [0.29, 0.717) is 12.0 Å². The molecule has 0 aromatic heterocycles. The van der Waals surface area contributed by atoms with Crippen molar-refractivity contribution in [2.75, 3.05) is 13.2 Å². The van der Waals surface area contributed by atoms with E-state index < -0.39 is 5.82 Å². The lowest BCUT2D eigenvalue weighted by Gasteiger charge is -2.14. The first-order valence-electron chi connectivity index (χ1n) is 4.94. The highest BCUT2D eigenvalue weighted by molar-refractivity contribution is 5.36. The van der Waals surface area contributed by atoms with Crippen LogP contribution in [0.3, 0.4) is 0 Å². The summed E-state index contributed by atoms with van der Waals surface area (Å²) in [6.45, 7) is 2.09. The van der Waals surface area contributed by atoms with Crippen molar-refractivity contribution in [3.63, 3.8) is 0 Å². The highest BCUT2D eigenvalue weighted by Gasteiger charge is 2.12. The second kappa shape index (κ2) is 5.68. The molecule has 0 aliphatic rings. The van der Waals surface area contributed by atoms with E-state index in [1.54, 1.807) is 19.1 Å². The van der Waals surface area contributed by atoms with E-state index in [2.05, 4.69) is 0 Å². The van der Waals surface area contributed by atoms with E-state index in [1.807, 2.05) is 0 Å². The standard InChI is InChI=1S/C11H16FNO2/c1-8(13)9-4-2-5-10(12)11(9)15-7-3-6-14/h2,4-5,8,14H,3,6-7,13H2,1H3/t8-/m1/s1. The van der Waals surface area contributed by atoms with Gasteiger partial charge in [0.2, 0.25) is 0 Å². The van der Waals surface area contributed by atoms with Crippen molar-refractivity contribution in [1.82, 2.24) is 0 Å². The number of ether oxygens (including phenoxy) is 1. The summed E-state index contributed by atoms with van der Waals surface area (Å²) in [7, 11) is 0. The van der Waals surface area contributed by atoms with E-state index >= 15 is 0 Å². The minimum Gasteiger partial charge on any atom is -0.490 e. The predicted octanol–water partition coefficient (Wildman–Crippen LogP) is 1.61. The summed E-state index contributed by atoms with van der Waals surface area (Å²) < 4.78 is 18.6. The number of hydrogen-bond donors (Lipinski definition) is 2. The van der Waals surface area contributed by atoms with E-state index in [1.165, 1.54) is 6.07 Å². The molecule has 3 nitrogen and oxygen atoms in total. The van der Waals surface area contributed by atoms with Gasteiger partial charge in [-0.3, -0.25) is 0 Å². The van der Waals surface area contributed by atoms with Gasteiger partial charge in [-0.1, -0.05) is 12.1 Å². The van der Waals surface area contributed by atoms with Gasteiger partial charge < -0.3 is 15.6 Å². The number of nitrogens with two attached hydrogens (primary N) is 1. The molecule has 0 radical (unpaired) electrons. The molecule has 3 N–H and O–H groups in total. The summed E-state index contributed by atoms with van der Waals surface area (Å²) in [5.74, 6) is -0.219. The van der Waals surface area contributed by atoms with Crippen LogP contribution in [0.1, 0.15) is 24.9 Å². The Morgan fingerprint density at radius 2 is 2.27 bits per heavy atom. The Morgan fingerprint density at radius 3 is 2.87 bits per heavy atom. The fourth-order valence-electron chi connectivity index (χ4n) is 1.28. The summed E-state index contributed by atoms with van der Waals surface area (Å²) in [5.41, 5.74) is 6.34. The molecule has 0 saturated carbocycles. The zero-order chi connectivity index (χ0) is 11.3. The van der Waals surface area contributed by atoms with E-state index in [4.69, 9.17) is 15.6 Å². The molecule has 15 heavy (non-hydrogen) atoms. The molecule has 0 fully saturated rings. The Bertz CT molecular complexity index is 315. The highest BCUT2D eigenvalue weighted by atomic mass is 19.1. The highest BCUT2D eigenvalue weighted by Crippen LogP contribution is 2.26. The molecular weight excluding hydrogens is 197 g/mol. The van der Waals surface area contributed by atoms with Crippen LogP contribution in [0.5, 0.6) is 5.75 Å². The molecule has 0 saturated heterocycles. The Hall–Kier alpha value is -1.13. The Kier molecular flexibility index (Phi) is 4.52. The molecule has 0 aliphatic carbocycles. The zero-order valence-electron chi connectivity index (χ0n) is 8.74. The molecule has 1 atom stereocenters. The predicted molar refractivity (Wildman–Crippen MR) is 56.2 cm³/mol. The number of aliphatic hydroxyl groups excluding tert-OH is 1. The first-order chi connectivity index (χ1) is 7.16. The van der Waals surface area contributed by atoms with Crippen molar-refractivity contribution in [3.05, 3.63) is 29.6 Å². The van der Waals surface area contributed by atoms with Gasteiger partial charge >= 0.3 is 0 Å². The van der Waals surface area contributed by atoms with Crippen LogP contribution < -0.4 is 10.5 Å². The molecule has 4 heteroatoms. The van der Waals surface area contributed by atoms with Gasteiger partial charge in [0.15, 0.2) is 11.6 Å². The molecule has 1 aromatic rings. The summed E-state index contributed by atoms with van der Waals surface area (Å²) in [6.07, 6.45) is 0.479. The minimum absolute atomic E-state index is 0.0297. The monoisotopic (exact) mass is 213 g/mol. The Labute approximate surface area is 88.7 Å². The average molecular weight is 213 g/mol. The van der Waals surface area contributed by atoms with Crippen LogP contribution in [0.15, 0.2) is 18.2 Å². The normalized spacial score (nSPS) is 12.5.